The van der Waals surface area contributed by atoms with Crippen LogP contribution in [-0.4, -0.2) is 75.5 Å². The molecular formula is C28H31N7O4. The molecule has 2 amide bonds. The number of hydrogen-bond donors (Lipinski definition) is 3. The predicted octanol–water partition coefficient (Wildman–Crippen LogP) is 4.06. The molecule has 39 heavy (non-hydrogen) atoms. The third kappa shape index (κ3) is 6.44. The molecule has 1 aliphatic heterocycles. The summed E-state index contributed by atoms with van der Waals surface area (Å²) in [4.78, 5) is 30.4. The number of aryl methyl sites for hydroxylation is 1. The highest BCUT2D eigenvalue weighted by Crippen LogP contribution is 2.22. The van der Waals surface area contributed by atoms with Crippen molar-refractivity contribution in [3.63, 3.8) is 0 Å². The van der Waals surface area contributed by atoms with Crippen LogP contribution in [0.2, 0.25) is 0 Å². The quantitative estimate of drug-likeness (QED) is 0.312. The van der Waals surface area contributed by atoms with Crippen LogP contribution < -0.4 is 10.2 Å². The maximum atomic E-state index is 12.8. The van der Waals surface area contributed by atoms with Gasteiger partial charge in [-0.15, -0.1) is 0 Å². The molecule has 4 aromatic rings. The minimum Gasteiger partial charge on any atom is -0.465 e. The molecule has 0 unspecified atom stereocenters. The average molecular weight is 530 g/mol. The zero-order valence-electron chi connectivity index (χ0n) is 21.9. The first-order valence-electron chi connectivity index (χ1n) is 12.7. The Bertz CT molecular complexity index is 1420. The van der Waals surface area contributed by atoms with Crippen molar-refractivity contribution < 1.29 is 19.2 Å². The average Bonchev–Trinajstić information content (AvgIpc) is 3.58. The van der Waals surface area contributed by atoms with Crippen LogP contribution in [0.1, 0.15) is 27.4 Å². The van der Waals surface area contributed by atoms with Gasteiger partial charge in [-0.2, -0.15) is 5.10 Å². The number of hydrogen-bond acceptors (Lipinski definition) is 7. The van der Waals surface area contributed by atoms with Crippen LogP contribution in [0.15, 0.2) is 65.2 Å². The van der Waals surface area contributed by atoms with Gasteiger partial charge in [0.15, 0.2) is 0 Å². The summed E-state index contributed by atoms with van der Waals surface area (Å²) in [7, 11) is 2.12. The lowest BCUT2D eigenvalue weighted by Crippen LogP contribution is -2.44. The minimum absolute atomic E-state index is 0.134. The van der Waals surface area contributed by atoms with Crippen LogP contribution in [0.4, 0.5) is 16.3 Å². The number of H-pyrrole nitrogens is 1. The van der Waals surface area contributed by atoms with Gasteiger partial charge in [-0.25, -0.2) is 4.79 Å². The Morgan fingerprint density at radius 2 is 1.74 bits per heavy atom. The summed E-state index contributed by atoms with van der Waals surface area (Å²) >= 11 is 0. The van der Waals surface area contributed by atoms with E-state index >= 15 is 0 Å². The minimum atomic E-state index is -1.04. The number of amides is 2. The zero-order valence-corrected chi connectivity index (χ0v) is 21.9. The van der Waals surface area contributed by atoms with E-state index in [9.17, 15) is 14.7 Å². The van der Waals surface area contributed by atoms with E-state index in [2.05, 4.69) is 37.5 Å². The van der Waals surface area contributed by atoms with Crippen molar-refractivity contribution >= 4 is 23.5 Å². The molecule has 202 valence electrons. The van der Waals surface area contributed by atoms with Crippen molar-refractivity contribution in [2.75, 3.05) is 43.4 Å². The summed E-state index contributed by atoms with van der Waals surface area (Å²) in [6.45, 7) is 6.10. The molecule has 0 bridgehead atoms. The summed E-state index contributed by atoms with van der Waals surface area (Å²) in [5.41, 5.74) is 4.56. The molecule has 2 aromatic heterocycles. The molecule has 1 aliphatic rings. The molecule has 0 radical (unpaired) electrons. The van der Waals surface area contributed by atoms with Gasteiger partial charge in [-0.05, 0) is 43.8 Å². The molecule has 0 spiro atoms. The summed E-state index contributed by atoms with van der Waals surface area (Å²) in [5, 5.41) is 23.5. The second kappa shape index (κ2) is 11.4. The van der Waals surface area contributed by atoms with Crippen molar-refractivity contribution in [2.45, 2.75) is 20.0 Å². The number of carbonyl (C=O) groups is 2. The van der Waals surface area contributed by atoms with E-state index in [1.807, 2.05) is 48.5 Å². The van der Waals surface area contributed by atoms with Crippen LogP contribution in [-0.2, 0) is 13.1 Å². The molecule has 11 heteroatoms. The molecule has 5 rings (SSSR count). The molecule has 3 N–H and O–H groups in total. The van der Waals surface area contributed by atoms with Crippen molar-refractivity contribution in [3.8, 4) is 11.3 Å². The Kier molecular flexibility index (Phi) is 7.60. The van der Waals surface area contributed by atoms with E-state index in [0.717, 1.165) is 43.0 Å². The Labute approximate surface area is 226 Å². The van der Waals surface area contributed by atoms with E-state index in [1.165, 1.54) is 4.90 Å². The summed E-state index contributed by atoms with van der Waals surface area (Å²) in [5.74, 6) is 0.900. The third-order valence-electron chi connectivity index (χ3n) is 6.75. The number of aromatic nitrogens is 3. The standard InChI is InChI=1S/C28H31N7O4/c1-19-15-23(32-39-19)18-35(28(37)38)17-20-3-5-21(6-4-20)25-16-26(31-30-25)29-27(36)22-7-9-24(10-8-22)34-13-11-33(2)12-14-34/h3-10,15-16H,11-14,17-18H2,1-2H3,(H,37,38)(H2,29,30,31,36). The van der Waals surface area contributed by atoms with Crippen molar-refractivity contribution in [3.05, 3.63) is 83.2 Å². The molecule has 0 aliphatic carbocycles. The lowest BCUT2D eigenvalue weighted by molar-refractivity contribution is 0.102. The van der Waals surface area contributed by atoms with E-state index in [-0.39, 0.29) is 19.0 Å². The summed E-state index contributed by atoms with van der Waals surface area (Å²) < 4.78 is 5.03. The number of nitrogens with zero attached hydrogens (tertiary/aromatic N) is 5. The highest BCUT2D eigenvalue weighted by Gasteiger charge is 2.17. The van der Waals surface area contributed by atoms with Crippen molar-refractivity contribution in [1.29, 1.82) is 0 Å². The monoisotopic (exact) mass is 529 g/mol. The number of piperazine rings is 1. The van der Waals surface area contributed by atoms with E-state index in [4.69, 9.17) is 4.52 Å². The van der Waals surface area contributed by atoms with E-state index in [0.29, 0.717) is 28.5 Å². The lowest BCUT2D eigenvalue weighted by atomic mass is 10.1. The normalized spacial score (nSPS) is 13.8. The summed E-state index contributed by atoms with van der Waals surface area (Å²) in [6.07, 6.45) is -1.04. The predicted molar refractivity (Wildman–Crippen MR) is 147 cm³/mol. The fraction of sp³-hybridized carbons (Fsp3) is 0.286. The maximum Gasteiger partial charge on any atom is 0.407 e. The molecule has 11 nitrogen and oxygen atoms in total. The number of aromatic amines is 1. The SMILES string of the molecule is Cc1cc(CN(Cc2ccc(-c3cc(NC(=O)c4ccc(N5CCN(C)CC5)cc4)[nH]n3)cc2)C(=O)O)no1. The number of benzene rings is 2. The van der Waals surface area contributed by atoms with Crippen LogP contribution >= 0.6 is 0 Å². The van der Waals surface area contributed by atoms with Crippen LogP contribution in [0.25, 0.3) is 11.3 Å². The fourth-order valence-corrected chi connectivity index (χ4v) is 4.50. The topological polar surface area (TPSA) is 131 Å². The van der Waals surface area contributed by atoms with Gasteiger partial charge in [0.25, 0.3) is 5.91 Å². The lowest BCUT2D eigenvalue weighted by Gasteiger charge is -2.34. The molecule has 1 saturated heterocycles. The van der Waals surface area contributed by atoms with Gasteiger partial charge >= 0.3 is 6.09 Å². The smallest absolute Gasteiger partial charge is 0.407 e. The molecule has 3 heterocycles. The molecular weight excluding hydrogens is 498 g/mol. The molecule has 0 saturated carbocycles. The van der Waals surface area contributed by atoms with Crippen molar-refractivity contribution in [1.82, 2.24) is 25.2 Å². The first-order chi connectivity index (χ1) is 18.8. The molecule has 0 atom stereocenters. The Balaban J connectivity index is 1.18. The highest BCUT2D eigenvalue weighted by atomic mass is 16.5. The van der Waals surface area contributed by atoms with Gasteiger partial charge in [-0.1, -0.05) is 29.4 Å². The van der Waals surface area contributed by atoms with E-state index in [1.54, 1.807) is 19.1 Å². The van der Waals surface area contributed by atoms with Crippen LogP contribution in [0.3, 0.4) is 0 Å². The number of rotatable bonds is 8. The van der Waals surface area contributed by atoms with Gasteiger partial charge in [0.05, 0.1) is 12.2 Å². The number of anilines is 2. The first kappa shape index (κ1) is 26.0. The van der Waals surface area contributed by atoms with Gasteiger partial charge in [0.1, 0.15) is 17.3 Å². The summed E-state index contributed by atoms with van der Waals surface area (Å²) in [6, 6.07) is 18.6. The van der Waals surface area contributed by atoms with Crippen LogP contribution in [0, 0.1) is 6.92 Å². The number of carbonyl (C=O) groups excluding carboxylic acids is 1. The Morgan fingerprint density at radius 3 is 2.38 bits per heavy atom. The second-order valence-electron chi connectivity index (χ2n) is 9.72. The van der Waals surface area contributed by atoms with Crippen molar-refractivity contribution in [2.24, 2.45) is 0 Å². The van der Waals surface area contributed by atoms with E-state index < -0.39 is 6.09 Å². The molecule has 2 aromatic carbocycles. The number of likely N-dealkylation sites (N-methyl/N-ethyl adjacent to an activating group) is 1. The zero-order chi connectivity index (χ0) is 27.4. The number of nitrogens with one attached hydrogen (secondary N) is 2. The Morgan fingerprint density at radius 1 is 1.03 bits per heavy atom. The third-order valence-corrected chi connectivity index (χ3v) is 6.75. The second-order valence-corrected chi connectivity index (χ2v) is 9.72. The van der Waals surface area contributed by atoms with Gasteiger partial charge < -0.3 is 24.7 Å². The Hall–Kier alpha value is -4.64. The highest BCUT2D eigenvalue weighted by molar-refractivity contribution is 6.04. The maximum absolute atomic E-state index is 12.8. The molecule has 1 fully saturated rings. The van der Waals surface area contributed by atoms with Gasteiger partial charge in [-0.3, -0.25) is 14.8 Å². The largest absolute Gasteiger partial charge is 0.465 e. The number of carboxylic acid groups (broad SMARTS) is 1. The van der Waals surface area contributed by atoms with Crippen LogP contribution in [0.5, 0.6) is 0 Å². The fourth-order valence-electron chi connectivity index (χ4n) is 4.50. The van der Waals surface area contributed by atoms with Gasteiger partial charge in [0.2, 0.25) is 0 Å². The first-order valence-corrected chi connectivity index (χ1v) is 12.7. The van der Waals surface area contributed by atoms with Gasteiger partial charge in [0, 0.05) is 61.7 Å².